The molecule has 3 aromatic rings. The van der Waals surface area contributed by atoms with E-state index in [2.05, 4.69) is 17.2 Å². The van der Waals surface area contributed by atoms with Crippen LogP contribution in [0.25, 0.3) is 0 Å². The van der Waals surface area contributed by atoms with Crippen molar-refractivity contribution < 1.29 is 61.8 Å². The number of rotatable bonds is 30. The van der Waals surface area contributed by atoms with Crippen molar-refractivity contribution in [2.45, 2.75) is 102 Å². The van der Waals surface area contributed by atoms with E-state index in [0.29, 0.717) is 117 Å². The van der Waals surface area contributed by atoms with Crippen LogP contribution in [-0.4, -0.2) is 124 Å². The lowest BCUT2D eigenvalue weighted by atomic mass is 9.91. The number of piperidine rings is 1. The largest absolute Gasteiger partial charge is 0.493 e. The van der Waals surface area contributed by atoms with Gasteiger partial charge in [-0.25, -0.2) is 4.79 Å². The Morgan fingerprint density at radius 2 is 1.39 bits per heavy atom. The molecule has 6 rings (SSSR count). The summed E-state index contributed by atoms with van der Waals surface area (Å²) in [6, 6.07) is 15.7. The molecule has 15 heteroatoms. The van der Waals surface area contributed by atoms with E-state index in [0.717, 1.165) is 62.0 Å². The minimum absolute atomic E-state index is 0.176. The van der Waals surface area contributed by atoms with Gasteiger partial charge in [-0.2, -0.15) is 0 Å². The van der Waals surface area contributed by atoms with Gasteiger partial charge in [0.25, 0.3) is 5.91 Å². The van der Waals surface area contributed by atoms with Gasteiger partial charge in [0.2, 0.25) is 11.7 Å². The molecule has 2 amide bonds. The number of hydrogen-bond acceptors (Lipinski definition) is 13. The fourth-order valence-electron chi connectivity index (χ4n) is 10.0. The number of likely N-dealkylation sites (tertiary alicyclic amines) is 1. The zero-order chi connectivity index (χ0) is 50.4. The number of benzene rings is 3. The zero-order valence-corrected chi connectivity index (χ0v) is 42.8. The number of nitrogens with zero attached hydrogens (tertiary/aromatic N) is 1. The second-order valence-corrected chi connectivity index (χ2v) is 18.2. The monoisotopic (exact) mass is 985 g/mol. The second kappa shape index (κ2) is 29.0. The summed E-state index contributed by atoms with van der Waals surface area (Å²) in [6.45, 7) is 5.49. The van der Waals surface area contributed by atoms with Crippen LogP contribution in [0.3, 0.4) is 0 Å². The number of carbonyl (C=O) groups is 3. The van der Waals surface area contributed by atoms with E-state index in [1.807, 2.05) is 31.2 Å². The van der Waals surface area contributed by atoms with Crippen molar-refractivity contribution >= 4 is 17.8 Å². The summed E-state index contributed by atoms with van der Waals surface area (Å²) in [5.74, 6) is 10.6. The molecule has 1 aliphatic heterocycles. The van der Waals surface area contributed by atoms with E-state index in [-0.39, 0.29) is 18.4 Å². The molecule has 0 aromatic heterocycles. The Morgan fingerprint density at radius 1 is 0.718 bits per heavy atom. The first-order valence-electron chi connectivity index (χ1n) is 25.4. The van der Waals surface area contributed by atoms with E-state index in [1.54, 1.807) is 49.5 Å². The molecule has 0 radical (unpaired) electrons. The number of hydrogen-bond donors (Lipinski definition) is 1. The van der Waals surface area contributed by atoms with Gasteiger partial charge < -0.3 is 57.6 Å². The Labute approximate surface area is 420 Å². The van der Waals surface area contributed by atoms with Crippen molar-refractivity contribution in [3.8, 4) is 46.3 Å². The molecule has 0 unspecified atom stereocenters. The summed E-state index contributed by atoms with van der Waals surface area (Å²) in [7, 11) is 7.78. The van der Waals surface area contributed by atoms with Crippen LogP contribution in [0.1, 0.15) is 106 Å². The summed E-state index contributed by atoms with van der Waals surface area (Å²) >= 11 is 0. The van der Waals surface area contributed by atoms with Crippen LogP contribution in [0.2, 0.25) is 0 Å². The topological polar surface area (TPSA) is 159 Å². The van der Waals surface area contributed by atoms with Crippen molar-refractivity contribution in [1.82, 2.24) is 10.2 Å². The van der Waals surface area contributed by atoms with Gasteiger partial charge in [0, 0.05) is 32.5 Å². The van der Waals surface area contributed by atoms with E-state index in [9.17, 15) is 14.4 Å². The maximum atomic E-state index is 14.5. The zero-order valence-electron chi connectivity index (χ0n) is 42.8. The van der Waals surface area contributed by atoms with E-state index < -0.39 is 24.0 Å². The number of aryl methyl sites for hydroxylation is 1. The first kappa shape index (κ1) is 54.6. The van der Waals surface area contributed by atoms with Crippen LogP contribution in [0, 0.1) is 29.6 Å². The predicted molar refractivity (Wildman–Crippen MR) is 269 cm³/mol. The van der Waals surface area contributed by atoms with Gasteiger partial charge in [-0.3, -0.25) is 9.59 Å². The number of ether oxygens (including phenoxy) is 10. The Morgan fingerprint density at radius 3 is 2.06 bits per heavy atom. The lowest BCUT2D eigenvalue weighted by molar-refractivity contribution is -0.162. The summed E-state index contributed by atoms with van der Waals surface area (Å²) in [5.41, 5.74) is 2.33. The molecule has 3 aliphatic rings. The molecule has 2 fully saturated rings. The fraction of sp³-hybridized carbons (Fsp3) is 0.589. The fourth-order valence-corrected chi connectivity index (χ4v) is 10.0. The highest BCUT2D eigenvalue weighted by Gasteiger charge is 2.47. The lowest BCUT2D eigenvalue weighted by Gasteiger charge is -2.37. The Balaban J connectivity index is 0.980. The highest BCUT2D eigenvalue weighted by Crippen LogP contribution is 2.54. The van der Waals surface area contributed by atoms with Crippen LogP contribution in [0.5, 0.6) is 34.5 Å². The van der Waals surface area contributed by atoms with Crippen LogP contribution in [-0.2, 0) is 39.8 Å². The number of methoxy groups -OCH3 is 5. The quantitative estimate of drug-likeness (QED) is 0.0387. The van der Waals surface area contributed by atoms with Crippen LogP contribution >= 0.6 is 0 Å². The molecule has 1 N–H and O–H groups in total. The first-order chi connectivity index (χ1) is 34.7. The molecular weight excluding hydrogens is 909 g/mol. The van der Waals surface area contributed by atoms with Crippen LogP contribution in [0.4, 0.5) is 0 Å². The molecule has 1 saturated carbocycles. The van der Waals surface area contributed by atoms with E-state index >= 15 is 0 Å². The minimum Gasteiger partial charge on any atom is -0.493 e. The third kappa shape index (κ3) is 15.9. The van der Waals surface area contributed by atoms with Crippen molar-refractivity contribution in [3.63, 3.8) is 0 Å². The van der Waals surface area contributed by atoms with E-state index in [1.165, 1.54) is 40.6 Å². The van der Waals surface area contributed by atoms with Gasteiger partial charge in [0.15, 0.2) is 29.6 Å². The van der Waals surface area contributed by atoms with Crippen LogP contribution < -0.4 is 33.7 Å². The summed E-state index contributed by atoms with van der Waals surface area (Å²) in [6.07, 6.45) is 9.67. The van der Waals surface area contributed by atoms with Crippen molar-refractivity contribution in [2.75, 3.05) is 94.9 Å². The molecule has 0 bridgehead atoms. The number of fused-ring (bicyclic) bond motifs is 1. The maximum absolute atomic E-state index is 14.5. The molecule has 1 saturated heterocycles. The highest BCUT2D eigenvalue weighted by molar-refractivity contribution is 5.89. The average Bonchev–Trinajstić information content (AvgIpc) is 4.05. The predicted octanol–water partition coefficient (Wildman–Crippen LogP) is 8.29. The minimum atomic E-state index is -0.794. The molecular formula is C56H76N2O13. The van der Waals surface area contributed by atoms with Gasteiger partial charge >= 0.3 is 5.97 Å². The SMILES string of the molecule is CC[C@H](C(=O)N1CCCC[C@H]1C(=O)O[C@H](CCc1ccc(OC)c(OC)c1)c1cccc(OCC(=O)NCCOCCOCCOCCC[C@@H]2[C@@H]3CCC#CCC[C@@H]32)c1)c1cc(OC)c(OC)c(OC)c1. The molecule has 388 valence electrons. The summed E-state index contributed by atoms with van der Waals surface area (Å²) < 4.78 is 57.2. The summed E-state index contributed by atoms with van der Waals surface area (Å²) in [5, 5.41) is 2.83. The molecule has 71 heavy (non-hydrogen) atoms. The highest BCUT2D eigenvalue weighted by atomic mass is 16.6. The molecule has 1 heterocycles. The molecule has 3 aromatic carbocycles. The Hall–Kier alpha value is -5.69. The number of esters is 1. The smallest absolute Gasteiger partial charge is 0.329 e. The van der Waals surface area contributed by atoms with E-state index in [4.69, 9.17) is 47.4 Å². The standard InChI is InChI=1S/C56H76N2O13/c1-7-43(41-36-51(64-4)54(66-6)52(37-41)65-5)55(60)58-27-13-12-21-47(58)56(61)71-48(24-22-39-23-25-49(62-2)50(34-39)63-3)40-16-14-17-42(35-40)70-38-53(59)57-26-29-68-31-33-69-32-30-67-28-15-20-46-44-18-10-8-9-11-19-45(44)46/h14,16-17,23,25,34-37,43-48H,7,10-13,15,18-22,24,26-33,38H2,1-6H3,(H,57,59)/t43-,44-,45+,46-,47-,48+/m0/s1. The van der Waals surface area contributed by atoms with Crippen molar-refractivity contribution in [1.29, 1.82) is 0 Å². The summed E-state index contributed by atoms with van der Waals surface area (Å²) in [4.78, 5) is 43.4. The molecule has 6 atom stereocenters. The first-order valence-corrected chi connectivity index (χ1v) is 25.4. The number of carbonyl (C=O) groups excluding carboxylic acids is 3. The van der Waals surface area contributed by atoms with Crippen LogP contribution in [0.15, 0.2) is 54.6 Å². The third-order valence-electron chi connectivity index (χ3n) is 13.8. The molecule has 15 nitrogen and oxygen atoms in total. The number of amides is 2. The van der Waals surface area contributed by atoms with Gasteiger partial charge in [-0.05, 0) is 135 Å². The second-order valence-electron chi connectivity index (χ2n) is 18.2. The third-order valence-corrected chi connectivity index (χ3v) is 13.8. The maximum Gasteiger partial charge on any atom is 0.329 e. The van der Waals surface area contributed by atoms with Gasteiger partial charge in [0.1, 0.15) is 17.9 Å². The Kier molecular flexibility index (Phi) is 22.3. The van der Waals surface area contributed by atoms with Crippen molar-refractivity contribution in [3.05, 3.63) is 71.3 Å². The van der Waals surface area contributed by atoms with Gasteiger partial charge in [-0.15, -0.1) is 11.8 Å². The van der Waals surface area contributed by atoms with Crippen molar-refractivity contribution in [2.24, 2.45) is 17.8 Å². The normalized spacial score (nSPS) is 19.0. The Bertz CT molecular complexity index is 2180. The number of nitrogens with one attached hydrogen (secondary N) is 1. The van der Waals surface area contributed by atoms with Gasteiger partial charge in [0.05, 0.1) is 74.5 Å². The van der Waals surface area contributed by atoms with Gasteiger partial charge in [-0.1, -0.05) is 25.1 Å². The average molecular weight is 985 g/mol. The lowest BCUT2D eigenvalue weighted by Crippen LogP contribution is -2.50. The molecule has 0 spiro atoms. The molecule has 2 aliphatic carbocycles.